The van der Waals surface area contributed by atoms with Gasteiger partial charge in [0.1, 0.15) is 11.9 Å². The molecule has 1 aliphatic carbocycles. The van der Waals surface area contributed by atoms with Gasteiger partial charge in [-0.25, -0.2) is 0 Å². The molecule has 0 amide bonds. The SMILES string of the molecule is O=[N+]([O-])c1ccc2c(c1)OC1C=CCC1N2. The van der Waals surface area contributed by atoms with Gasteiger partial charge in [0, 0.05) is 6.07 Å². The minimum absolute atomic E-state index is 0.00509. The van der Waals surface area contributed by atoms with E-state index in [1.807, 2.05) is 6.08 Å². The third-order valence-corrected chi connectivity index (χ3v) is 2.89. The number of non-ortho nitro benzene ring substituents is 1. The van der Waals surface area contributed by atoms with E-state index in [1.54, 1.807) is 6.07 Å². The number of ether oxygens (including phenoxy) is 1. The van der Waals surface area contributed by atoms with E-state index in [0.717, 1.165) is 12.1 Å². The number of hydrogen-bond acceptors (Lipinski definition) is 4. The molecule has 1 N–H and O–H groups in total. The zero-order chi connectivity index (χ0) is 11.1. The van der Waals surface area contributed by atoms with Gasteiger partial charge in [0.2, 0.25) is 0 Å². The third-order valence-electron chi connectivity index (χ3n) is 2.89. The fourth-order valence-electron chi connectivity index (χ4n) is 2.08. The number of fused-ring (bicyclic) bond motifs is 2. The Morgan fingerprint density at radius 3 is 3.19 bits per heavy atom. The van der Waals surface area contributed by atoms with Crippen LogP contribution in [0.4, 0.5) is 11.4 Å². The summed E-state index contributed by atoms with van der Waals surface area (Å²) < 4.78 is 5.69. The van der Waals surface area contributed by atoms with Gasteiger partial charge in [-0.2, -0.15) is 0 Å². The van der Waals surface area contributed by atoms with Crippen molar-refractivity contribution in [2.24, 2.45) is 0 Å². The van der Waals surface area contributed by atoms with E-state index in [4.69, 9.17) is 4.74 Å². The Kier molecular flexibility index (Phi) is 1.86. The Labute approximate surface area is 91.9 Å². The number of anilines is 1. The van der Waals surface area contributed by atoms with Gasteiger partial charge in [0.05, 0.1) is 22.7 Å². The van der Waals surface area contributed by atoms with Crippen LogP contribution in [0.2, 0.25) is 0 Å². The van der Waals surface area contributed by atoms with Crippen LogP contribution < -0.4 is 10.1 Å². The summed E-state index contributed by atoms with van der Waals surface area (Å²) in [7, 11) is 0. The lowest BCUT2D eigenvalue weighted by molar-refractivity contribution is -0.384. The highest BCUT2D eigenvalue weighted by molar-refractivity contribution is 5.63. The maximum atomic E-state index is 10.6. The first kappa shape index (κ1) is 9.21. The van der Waals surface area contributed by atoms with E-state index in [-0.39, 0.29) is 17.8 Å². The molecule has 0 radical (unpaired) electrons. The van der Waals surface area contributed by atoms with Gasteiger partial charge in [-0.1, -0.05) is 6.08 Å². The quantitative estimate of drug-likeness (QED) is 0.445. The summed E-state index contributed by atoms with van der Waals surface area (Å²) in [6.45, 7) is 0. The van der Waals surface area contributed by atoms with Gasteiger partial charge < -0.3 is 10.1 Å². The molecule has 0 saturated carbocycles. The van der Waals surface area contributed by atoms with Crippen LogP contribution in [0.15, 0.2) is 30.4 Å². The average Bonchev–Trinajstić information content (AvgIpc) is 2.71. The number of rotatable bonds is 1. The molecule has 0 fully saturated rings. The molecular formula is C11H10N2O3. The first-order valence-corrected chi connectivity index (χ1v) is 5.12. The van der Waals surface area contributed by atoms with Gasteiger partial charge in [-0.05, 0) is 18.6 Å². The minimum Gasteiger partial charge on any atom is -0.482 e. The molecule has 2 unspecified atom stereocenters. The van der Waals surface area contributed by atoms with Gasteiger partial charge >= 0.3 is 0 Å². The normalized spacial score (nSPS) is 25.2. The monoisotopic (exact) mass is 218 g/mol. The van der Waals surface area contributed by atoms with Crippen molar-refractivity contribution in [3.8, 4) is 5.75 Å². The topological polar surface area (TPSA) is 64.4 Å². The van der Waals surface area contributed by atoms with Crippen LogP contribution >= 0.6 is 0 Å². The van der Waals surface area contributed by atoms with E-state index in [0.29, 0.717) is 5.75 Å². The van der Waals surface area contributed by atoms with Crippen molar-refractivity contribution >= 4 is 11.4 Å². The lowest BCUT2D eigenvalue weighted by Gasteiger charge is -2.29. The number of benzene rings is 1. The van der Waals surface area contributed by atoms with Gasteiger partial charge in [0.15, 0.2) is 0 Å². The maximum absolute atomic E-state index is 10.6. The molecule has 1 aromatic carbocycles. The summed E-state index contributed by atoms with van der Waals surface area (Å²) in [5, 5.41) is 13.9. The molecule has 0 bridgehead atoms. The van der Waals surface area contributed by atoms with E-state index in [9.17, 15) is 10.1 Å². The maximum Gasteiger partial charge on any atom is 0.273 e. The number of hydrogen-bond donors (Lipinski definition) is 1. The molecular weight excluding hydrogens is 208 g/mol. The van der Waals surface area contributed by atoms with Crippen molar-refractivity contribution in [2.75, 3.05) is 5.32 Å². The zero-order valence-electron chi connectivity index (χ0n) is 8.42. The van der Waals surface area contributed by atoms with Gasteiger partial charge in [-0.3, -0.25) is 10.1 Å². The molecule has 0 aromatic heterocycles. The Bertz CT molecular complexity index is 484. The summed E-state index contributed by atoms with van der Waals surface area (Å²) in [5.74, 6) is 0.557. The number of nitrogens with one attached hydrogen (secondary N) is 1. The number of nitro groups is 1. The second-order valence-corrected chi connectivity index (χ2v) is 3.93. The minimum atomic E-state index is -0.416. The smallest absolute Gasteiger partial charge is 0.273 e. The van der Waals surface area contributed by atoms with Crippen molar-refractivity contribution in [1.82, 2.24) is 0 Å². The number of nitrogens with zero attached hydrogens (tertiary/aromatic N) is 1. The van der Waals surface area contributed by atoms with Crippen LogP contribution in [0.3, 0.4) is 0 Å². The number of nitro benzene ring substituents is 1. The third kappa shape index (κ3) is 1.32. The molecule has 2 atom stereocenters. The molecule has 5 heteroatoms. The lowest BCUT2D eigenvalue weighted by Crippen LogP contribution is -2.37. The van der Waals surface area contributed by atoms with Crippen molar-refractivity contribution in [2.45, 2.75) is 18.6 Å². The molecule has 16 heavy (non-hydrogen) atoms. The van der Waals surface area contributed by atoms with Gasteiger partial charge in [-0.15, -0.1) is 0 Å². The molecule has 5 nitrogen and oxygen atoms in total. The first-order chi connectivity index (χ1) is 7.74. The highest BCUT2D eigenvalue weighted by atomic mass is 16.6. The first-order valence-electron chi connectivity index (χ1n) is 5.12. The van der Waals surface area contributed by atoms with Crippen LogP contribution in [-0.2, 0) is 0 Å². The van der Waals surface area contributed by atoms with Crippen LogP contribution in [0.25, 0.3) is 0 Å². The largest absolute Gasteiger partial charge is 0.482 e. The molecule has 1 aliphatic heterocycles. The summed E-state index contributed by atoms with van der Waals surface area (Å²) in [6, 6.07) is 4.90. The van der Waals surface area contributed by atoms with Crippen LogP contribution in [0.5, 0.6) is 5.75 Å². The predicted molar refractivity (Wildman–Crippen MR) is 58.7 cm³/mol. The molecule has 2 aliphatic rings. The van der Waals surface area contributed by atoms with E-state index in [2.05, 4.69) is 11.4 Å². The fourth-order valence-corrected chi connectivity index (χ4v) is 2.08. The second-order valence-electron chi connectivity index (χ2n) is 3.93. The Morgan fingerprint density at radius 1 is 1.50 bits per heavy atom. The van der Waals surface area contributed by atoms with E-state index < -0.39 is 4.92 Å². The highest BCUT2D eigenvalue weighted by Crippen LogP contribution is 2.36. The Morgan fingerprint density at radius 2 is 2.38 bits per heavy atom. The van der Waals surface area contributed by atoms with Crippen molar-refractivity contribution in [3.05, 3.63) is 40.5 Å². The molecule has 3 rings (SSSR count). The summed E-state index contributed by atoms with van der Waals surface area (Å²) >= 11 is 0. The van der Waals surface area contributed by atoms with Crippen LogP contribution in [0, 0.1) is 10.1 Å². The van der Waals surface area contributed by atoms with Crippen molar-refractivity contribution < 1.29 is 9.66 Å². The Hall–Kier alpha value is -2.04. The van der Waals surface area contributed by atoms with Crippen molar-refractivity contribution in [1.29, 1.82) is 0 Å². The molecule has 1 aromatic rings. The Balaban J connectivity index is 1.98. The lowest BCUT2D eigenvalue weighted by atomic mass is 10.1. The standard InChI is InChI=1S/C11H10N2O3/c14-13(15)7-4-5-9-11(6-7)16-10-3-1-2-8(10)12-9/h1,3-6,8,10,12H,2H2. The molecule has 0 spiro atoms. The summed E-state index contributed by atoms with van der Waals surface area (Å²) in [6.07, 6.45) is 4.97. The van der Waals surface area contributed by atoms with Crippen molar-refractivity contribution in [3.63, 3.8) is 0 Å². The van der Waals surface area contributed by atoms with E-state index >= 15 is 0 Å². The summed E-state index contributed by atoms with van der Waals surface area (Å²) in [5.41, 5.74) is 0.886. The fraction of sp³-hybridized carbons (Fsp3) is 0.273. The molecule has 82 valence electrons. The van der Waals surface area contributed by atoms with E-state index in [1.165, 1.54) is 12.1 Å². The van der Waals surface area contributed by atoms with Gasteiger partial charge in [0.25, 0.3) is 5.69 Å². The predicted octanol–water partition coefficient (Wildman–Crippen LogP) is 2.10. The summed E-state index contributed by atoms with van der Waals surface area (Å²) in [4.78, 5) is 10.2. The highest BCUT2D eigenvalue weighted by Gasteiger charge is 2.30. The van der Waals surface area contributed by atoms with Crippen LogP contribution in [-0.4, -0.2) is 17.1 Å². The van der Waals surface area contributed by atoms with Crippen LogP contribution in [0.1, 0.15) is 6.42 Å². The molecule has 0 saturated heterocycles. The zero-order valence-corrected chi connectivity index (χ0v) is 8.42. The average molecular weight is 218 g/mol. The molecule has 1 heterocycles. The second kappa shape index (κ2) is 3.23.